The van der Waals surface area contributed by atoms with Crippen molar-refractivity contribution in [2.75, 3.05) is 71.0 Å². The van der Waals surface area contributed by atoms with Gasteiger partial charge in [-0.1, -0.05) is 6.58 Å². The molecule has 1 amide bonds. The smallest absolute Gasteiger partial charge is 0.429 e. The number of aromatic nitrogens is 2. The van der Waals surface area contributed by atoms with E-state index >= 15 is 4.39 Å². The molecule has 1 atom stereocenters. The third kappa shape index (κ3) is 8.54. The molecule has 3 fully saturated rings. The van der Waals surface area contributed by atoms with Gasteiger partial charge in [0.1, 0.15) is 29.6 Å². The van der Waals surface area contributed by atoms with Crippen LogP contribution >= 0.6 is 38.5 Å². The maximum Gasteiger partial charge on any atom is 0.429 e. The first kappa shape index (κ1) is 39.0. The lowest BCUT2D eigenvalue weighted by Crippen LogP contribution is -2.62. The first-order valence-electron chi connectivity index (χ1n) is 16.7. The third-order valence-electron chi connectivity index (χ3n) is 9.59. The topological polar surface area (TPSA) is 89.5 Å². The Morgan fingerprint density at radius 1 is 1.10 bits per heavy atom. The molecule has 10 nitrogen and oxygen atoms in total. The summed E-state index contributed by atoms with van der Waals surface area (Å²) >= 11 is 5.51. The Labute approximate surface area is 312 Å². The monoisotopic (exact) mass is 885 g/mol. The Balaban J connectivity index is 1.44. The van der Waals surface area contributed by atoms with Gasteiger partial charge in [0, 0.05) is 67.3 Å². The number of methoxy groups -OCH3 is 1. The summed E-state index contributed by atoms with van der Waals surface area (Å²) in [7, 11) is 1.67. The number of alkyl halides is 4. The number of nitrogens with zero attached hydrogens (tertiary/aromatic N) is 5. The molecule has 0 bridgehead atoms. The second-order valence-corrected chi connectivity index (χ2v) is 16.5. The number of ether oxygens (including phenoxy) is 4. The van der Waals surface area contributed by atoms with Crippen LogP contribution in [0.1, 0.15) is 53.4 Å². The summed E-state index contributed by atoms with van der Waals surface area (Å²) in [6.07, 6.45) is -2.69. The van der Waals surface area contributed by atoms with Gasteiger partial charge in [-0.15, -0.1) is 0 Å². The van der Waals surface area contributed by atoms with E-state index < -0.39 is 29.6 Å². The molecule has 1 aromatic heterocycles. The van der Waals surface area contributed by atoms with E-state index in [0.717, 1.165) is 52.2 Å². The van der Waals surface area contributed by atoms with Gasteiger partial charge in [-0.05, 0) is 104 Å². The van der Waals surface area contributed by atoms with Crippen molar-refractivity contribution in [2.45, 2.75) is 76.9 Å². The summed E-state index contributed by atoms with van der Waals surface area (Å²) in [5, 5.41) is 0.543. The van der Waals surface area contributed by atoms with Crippen LogP contribution in [0, 0.1) is 8.99 Å². The van der Waals surface area contributed by atoms with Crippen molar-refractivity contribution in [2.24, 2.45) is 5.41 Å². The van der Waals surface area contributed by atoms with Crippen LogP contribution in [0.15, 0.2) is 22.7 Å². The number of rotatable bonds is 10. The van der Waals surface area contributed by atoms with Crippen LogP contribution in [0.2, 0.25) is 0 Å². The number of amides is 1. The van der Waals surface area contributed by atoms with Crippen LogP contribution in [0.5, 0.6) is 11.8 Å². The molecule has 1 spiro atoms. The Morgan fingerprint density at radius 2 is 1.74 bits per heavy atom. The van der Waals surface area contributed by atoms with Gasteiger partial charge in [0.2, 0.25) is 0 Å². The Bertz CT molecular complexity index is 1570. The van der Waals surface area contributed by atoms with Crippen LogP contribution in [0.4, 0.5) is 28.2 Å². The maximum absolute atomic E-state index is 15.4. The molecule has 0 saturated carbocycles. The highest BCUT2D eigenvalue weighted by molar-refractivity contribution is 14.1. The van der Waals surface area contributed by atoms with E-state index in [9.17, 15) is 18.0 Å². The van der Waals surface area contributed by atoms with Gasteiger partial charge >= 0.3 is 18.3 Å². The normalized spacial score (nSPS) is 20.1. The highest BCUT2D eigenvalue weighted by Gasteiger charge is 2.58. The molecule has 50 heavy (non-hydrogen) atoms. The molecule has 4 heterocycles. The molecule has 0 N–H and O–H groups in total. The van der Waals surface area contributed by atoms with E-state index in [1.807, 2.05) is 49.4 Å². The van der Waals surface area contributed by atoms with Crippen molar-refractivity contribution in [3.05, 3.63) is 26.3 Å². The lowest BCUT2D eigenvalue weighted by atomic mass is 9.72. The average Bonchev–Trinajstić information content (AvgIpc) is 3.02. The van der Waals surface area contributed by atoms with Gasteiger partial charge in [-0.25, -0.2) is 9.18 Å². The maximum atomic E-state index is 15.4. The summed E-state index contributed by atoms with van der Waals surface area (Å²) in [5.74, 6) is 0.515. The molecule has 1 unspecified atom stereocenters. The molecule has 0 aliphatic carbocycles. The highest BCUT2D eigenvalue weighted by Crippen LogP contribution is 2.46. The lowest BCUT2D eigenvalue weighted by Gasteiger charge is -2.53. The number of carbonyl (C=O) groups excluding carboxylic acids is 1. The van der Waals surface area contributed by atoms with Gasteiger partial charge in [0.15, 0.2) is 5.75 Å². The predicted octanol–water partition coefficient (Wildman–Crippen LogP) is 7.55. The summed E-state index contributed by atoms with van der Waals surface area (Å²) in [5.41, 5.74) is -4.89. The number of piperidine rings is 2. The van der Waals surface area contributed by atoms with Crippen LogP contribution in [0.3, 0.4) is 0 Å². The minimum Gasteiger partial charge on any atom is -0.486 e. The number of benzene rings is 1. The summed E-state index contributed by atoms with van der Waals surface area (Å²) in [6, 6.07) is 1.91. The zero-order valence-electron chi connectivity index (χ0n) is 29.1. The molecule has 3 saturated heterocycles. The molecular weight excluding hydrogens is 841 g/mol. The second kappa shape index (κ2) is 15.0. The molecule has 16 heteroatoms. The van der Waals surface area contributed by atoms with Crippen LogP contribution in [-0.2, 0) is 9.47 Å². The van der Waals surface area contributed by atoms with Crippen molar-refractivity contribution in [1.82, 2.24) is 19.8 Å². The fourth-order valence-corrected chi connectivity index (χ4v) is 7.51. The molecule has 2 aromatic rings. The molecular formula is C34H45BrF4IN5O5. The van der Waals surface area contributed by atoms with Crippen molar-refractivity contribution in [3.63, 3.8) is 0 Å². The predicted molar refractivity (Wildman–Crippen MR) is 194 cm³/mol. The molecule has 278 valence electrons. The van der Waals surface area contributed by atoms with Crippen LogP contribution in [-0.4, -0.2) is 116 Å². The molecule has 5 rings (SSSR count). The summed E-state index contributed by atoms with van der Waals surface area (Å²) in [6.45, 7) is 13.9. The first-order chi connectivity index (χ1) is 23.3. The zero-order valence-corrected chi connectivity index (χ0v) is 32.8. The van der Waals surface area contributed by atoms with Crippen molar-refractivity contribution in [1.29, 1.82) is 0 Å². The average molecular weight is 887 g/mol. The van der Waals surface area contributed by atoms with Gasteiger partial charge < -0.3 is 33.6 Å². The Kier molecular flexibility index (Phi) is 11.7. The molecule has 1 aromatic carbocycles. The summed E-state index contributed by atoms with van der Waals surface area (Å²) < 4.78 is 80.9. The number of fused-ring (bicyclic) bond motifs is 1. The number of hydrogen-bond acceptors (Lipinski definition) is 9. The van der Waals surface area contributed by atoms with Crippen molar-refractivity contribution < 1.29 is 41.3 Å². The molecule has 3 aliphatic heterocycles. The van der Waals surface area contributed by atoms with E-state index in [2.05, 4.69) is 37.3 Å². The molecule has 0 radical (unpaired) electrons. The number of carbonyl (C=O) groups is 1. The van der Waals surface area contributed by atoms with Gasteiger partial charge in [0.05, 0.1) is 11.1 Å². The fourth-order valence-electron chi connectivity index (χ4n) is 6.54. The number of halogens is 6. The van der Waals surface area contributed by atoms with Crippen molar-refractivity contribution >= 4 is 61.3 Å². The Morgan fingerprint density at radius 3 is 2.30 bits per heavy atom. The number of likely N-dealkylation sites (tertiary alicyclic amines) is 2. The molecule has 3 aliphatic rings. The SMILES string of the molecule is C=C(C)C(F)(COc1c(Br)c(I)cc2c(N3CCC4(CC3)CN(C(=O)OC(C)(C)C)C4)nc(OC3CCN(CCOC)CC3)nc12)C(F)(F)F. The quantitative estimate of drug-likeness (QED) is 0.136. The minimum atomic E-state index is -5.24. The van der Waals surface area contributed by atoms with Crippen LogP contribution < -0.4 is 14.4 Å². The van der Waals surface area contributed by atoms with E-state index in [-0.39, 0.29) is 34.9 Å². The first-order valence-corrected chi connectivity index (χ1v) is 18.6. The van der Waals surface area contributed by atoms with Crippen molar-refractivity contribution in [3.8, 4) is 11.8 Å². The van der Waals surface area contributed by atoms with Gasteiger partial charge in [-0.2, -0.15) is 23.1 Å². The standard InChI is InChI=1S/C34H45BrF4IN5O5/c1-21(2)33(36,34(37,38)39)20-48-27-25(35)24(40)17-23-26(27)41-29(49-22-7-11-43(12-8-22)15-16-47-6)42-28(23)44-13-9-32(10-14-44)18-45(19-32)30(46)50-31(3,4)5/h17,22H,1,7-16,18-20H2,2-6H3. The second-order valence-electron chi connectivity index (χ2n) is 14.6. The van der Waals surface area contributed by atoms with Gasteiger partial charge in [0.25, 0.3) is 5.67 Å². The van der Waals surface area contributed by atoms with Gasteiger partial charge in [-0.3, -0.25) is 0 Å². The lowest BCUT2D eigenvalue weighted by molar-refractivity contribution is -0.223. The zero-order chi connectivity index (χ0) is 36.6. The van der Waals surface area contributed by atoms with E-state index in [1.54, 1.807) is 12.0 Å². The third-order valence-corrected chi connectivity index (χ3v) is 12.0. The largest absolute Gasteiger partial charge is 0.486 e. The number of hydrogen-bond donors (Lipinski definition) is 0. The summed E-state index contributed by atoms with van der Waals surface area (Å²) in [4.78, 5) is 28.3. The van der Waals surface area contributed by atoms with E-state index in [4.69, 9.17) is 23.9 Å². The highest BCUT2D eigenvalue weighted by atomic mass is 127. The minimum absolute atomic E-state index is 0.0390. The Hall–Kier alpha value is -2.18. The fraction of sp³-hybridized carbons (Fsp3) is 0.676. The van der Waals surface area contributed by atoms with E-state index in [0.29, 0.717) is 52.0 Å². The van der Waals surface area contributed by atoms with E-state index in [1.165, 1.54) is 0 Å². The van der Waals surface area contributed by atoms with Crippen LogP contribution in [0.25, 0.3) is 10.9 Å². The number of anilines is 1.